The molecule has 100 valence electrons. The first kappa shape index (κ1) is 13.1. The van der Waals surface area contributed by atoms with Crippen molar-refractivity contribution in [3.8, 4) is 11.5 Å². The average Bonchev–Trinajstić information content (AvgIpc) is 2.92. The molecule has 0 bridgehead atoms. The lowest BCUT2D eigenvalue weighted by atomic mass is 10.2. The normalized spacial score (nSPS) is 10.2. The number of aryl methyl sites for hydroxylation is 1. The van der Waals surface area contributed by atoms with Gasteiger partial charge in [0.25, 0.3) is 0 Å². The Labute approximate surface area is 111 Å². The molecule has 0 saturated carbocycles. The lowest BCUT2D eigenvalue weighted by molar-refractivity contribution is 0.111. The molecule has 0 saturated heterocycles. The molecule has 0 unspecified atom stereocenters. The largest absolute Gasteiger partial charge is 0.497 e. The number of aromatic nitrogens is 2. The van der Waals surface area contributed by atoms with Crippen LogP contribution in [0.3, 0.4) is 0 Å². The molecule has 5 heteroatoms. The van der Waals surface area contributed by atoms with Gasteiger partial charge >= 0.3 is 0 Å². The zero-order valence-corrected chi connectivity index (χ0v) is 11.0. The van der Waals surface area contributed by atoms with Crippen molar-refractivity contribution in [3.63, 3.8) is 0 Å². The Hall–Kier alpha value is -2.30. The fourth-order valence-electron chi connectivity index (χ4n) is 1.68. The summed E-state index contributed by atoms with van der Waals surface area (Å²) in [5.41, 5.74) is 1.46. The summed E-state index contributed by atoms with van der Waals surface area (Å²) in [6, 6.07) is 5.11. The fourth-order valence-corrected chi connectivity index (χ4v) is 1.68. The highest BCUT2D eigenvalue weighted by Gasteiger charge is 2.06. The summed E-state index contributed by atoms with van der Waals surface area (Å²) in [7, 11) is 1.57. The van der Waals surface area contributed by atoms with E-state index >= 15 is 0 Å². The summed E-state index contributed by atoms with van der Waals surface area (Å²) in [6.45, 7) is 3.21. The first-order valence-corrected chi connectivity index (χ1v) is 6.04. The van der Waals surface area contributed by atoms with E-state index in [1.165, 1.54) is 0 Å². The van der Waals surface area contributed by atoms with E-state index in [2.05, 4.69) is 5.10 Å². The fraction of sp³-hybridized carbons (Fsp3) is 0.286. The van der Waals surface area contributed by atoms with Crippen molar-refractivity contribution in [1.29, 1.82) is 0 Å². The first-order valence-electron chi connectivity index (χ1n) is 6.04. The van der Waals surface area contributed by atoms with Crippen molar-refractivity contribution < 1.29 is 14.3 Å². The monoisotopic (exact) mass is 260 g/mol. The van der Waals surface area contributed by atoms with E-state index in [1.807, 2.05) is 17.8 Å². The standard InChI is InChI=1S/C14H16N2O3/c1-3-16-8-11(7-15-16)10-19-14-6-13(18-2)5-4-12(14)9-17/h4-9H,3,10H2,1-2H3. The van der Waals surface area contributed by atoms with Crippen LogP contribution in [0.15, 0.2) is 30.6 Å². The minimum atomic E-state index is 0.369. The van der Waals surface area contributed by atoms with Crippen molar-refractivity contribution in [2.75, 3.05) is 7.11 Å². The van der Waals surface area contributed by atoms with Gasteiger partial charge in [0, 0.05) is 24.4 Å². The van der Waals surface area contributed by atoms with Gasteiger partial charge < -0.3 is 9.47 Å². The van der Waals surface area contributed by atoms with E-state index in [-0.39, 0.29) is 0 Å². The van der Waals surface area contributed by atoms with Crippen molar-refractivity contribution in [2.24, 2.45) is 0 Å². The van der Waals surface area contributed by atoms with Crippen LogP contribution in [0.1, 0.15) is 22.8 Å². The minimum absolute atomic E-state index is 0.369. The molecule has 0 fully saturated rings. The number of methoxy groups -OCH3 is 1. The maximum Gasteiger partial charge on any atom is 0.153 e. The molecule has 0 N–H and O–H groups in total. The second-order valence-electron chi connectivity index (χ2n) is 4.01. The molecule has 0 amide bonds. The van der Waals surface area contributed by atoms with Crippen molar-refractivity contribution >= 4 is 6.29 Å². The predicted molar refractivity (Wildman–Crippen MR) is 70.6 cm³/mol. The SMILES string of the molecule is CCn1cc(COc2cc(OC)ccc2C=O)cn1. The number of hydrogen-bond acceptors (Lipinski definition) is 4. The molecule has 0 aliphatic rings. The molecule has 1 heterocycles. The van der Waals surface area contributed by atoms with Gasteiger partial charge in [-0.2, -0.15) is 5.10 Å². The molecule has 19 heavy (non-hydrogen) atoms. The summed E-state index contributed by atoms with van der Waals surface area (Å²) in [5, 5.41) is 4.17. The molecule has 0 radical (unpaired) electrons. The highest BCUT2D eigenvalue weighted by molar-refractivity contribution is 5.79. The van der Waals surface area contributed by atoms with Crippen LogP contribution < -0.4 is 9.47 Å². The van der Waals surface area contributed by atoms with Crippen LogP contribution in [0.4, 0.5) is 0 Å². The Morgan fingerprint density at radius 3 is 2.89 bits per heavy atom. The van der Waals surface area contributed by atoms with Crippen molar-refractivity contribution in [1.82, 2.24) is 9.78 Å². The van der Waals surface area contributed by atoms with E-state index in [1.54, 1.807) is 31.5 Å². The third kappa shape index (κ3) is 3.13. The smallest absolute Gasteiger partial charge is 0.153 e. The molecule has 0 aliphatic heterocycles. The zero-order chi connectivity index (χ0) is 13.7. The van der Waals surface area contributed by atoms with Gasteiger partial charge in [-0.25, -0.2) is 0 Å². The van der Waals surface area contributed by atoms with Gasteiger partial charge in [0.2, 0.25) is 0 Å². The van der Waals surface area contributed by atoms with E-state index in [9.17, 15) is 4.79 Å². The molecule has 0 spiro atoms. The molecular weight excluding hydrogens is 244 g/mol. The van der Waals surface area contributed by atoms with Crippen LogP contribution in [-0.4, -0.2) is 23.2 Å². The number of hydrogen-bond donors (Lipinski definition) is 0. The van der Waals surface area contributed by atoms with E-state index in [4.69, 9.17) is 9.47 Å². The van der Waals surface area contributed by atoms with Gasteiger partial charge in [-0.05, 0) is 19.1 Å². The summed E-state index contributed by atoms with van der Waals surface area (Å²) < 4.78 is 12.6. The Kier molecular flexibility index (Phi) is 4.18. The van der Waals surface area contributed by atoms with Gasteiger partial charge in [0.15, 0.2) is 6.29 Å². The third-order valence-electron chi connectivity index (χ3n) is 2.75. The summed E-state index contributed by atoms with van der Waals surface area (Å²) >= 11 is 0. The molecule has 2 rings (SSSR count). The molecule has 0 aliphatic carbocycles. The Morgan fingerprint density at radius 2 is 2.26 bits per heavy atom. The minimum Gasteiger partial charge on any atom is -0.497 e. The zero-order valence-electron chi connectivity index (χ0n) is 11.0. The van der Waals surface area contributed by atoms with Crippen molar-refractivity contribution in [2.45, 2.75) is 20.1 Å². The number of carbonyl (C=O) groups is 1. The molecule has 1 aromatic carbocycles. The summed E-state index contributed by atoms with van der Waals surface area (Å²) in [5.74, 6) is 1.17. The van der Waals surface area contributed by atoms with Crippen LogP contribution in [0.5, 0.6) is 11.5 Å². The van der Waals surface area contributed by atoms with E-state index in [0.717, 1.165) is 18.4 Å². The number of rotatable bonds is 6. The second-order valence-corrected chi connectivity index (χ2v) is 4.01. The number of aldehydes is 1. The Balaban J connectivity index is 2.11. The molecular formula is C14H16N2O3. The molecule has 5 nitrogen and oxygen atoms in total. The summed E-state index contributed by atoms with van der Waals surface area (Å²) in [6.07, 6.45) is 4.44. The predicted octanol–water partition coefficient (Wildman–Crippen LogP) is 2.30. The van der Waals surface area contributed by atoms with Gasteiger partial charge in [0.1, 0.15) is 18.1 Å². The molecule has 2 aromatic rings. The second kappa shape index (κ2) is 6.04. The van der Waals surface area contributed by atoms with Crippen LogP contribution in [0, 0.1) is 0 Å². The van der Waals surface area contributed by atoms with Crippen LogP contribution in [0.2, 0.25) is 0 Å². The van der Waals surface area contributed by atoms with Crippen molar-refractivity contribution in [3.05, 3.63) is 41.7 Å². The van der Waals surface area contributed by atoms with Gasteiger partial charge in [0.05, 0.1) is 18.9 Å². The summed E-state index contributed by atoms with van der Waals surface area (Å²) in [4.78, 5) is 11.0. The first-order chi connectivity index (χ1) is 9.26. The molecule has 0 atom stereocenters. The maximum atomic E-state index is 11.0. The lowest BCUT2D eigenvalue weighted by Gasteiger charge is -2.09. The van der Waals surface area contributed by atoms with Crippen LogP contribution >= 0.6 is 0 Å². The van der Waals surface area contributed by atoms with Crippen LogP contribution in [0.25, 0.3) is 0 Å². The van der Waals surface area contributed by atoms with Gasteiger partial charge in [-0.3, -0.25) is 9.48 Å². The average molecular weight is 260 g/mol. The van der Waals surface area contributed by atoms with E-state index < -0.39 is 0 Å². The quantitative estimate of drug-likeness (QED) is 0.748. The number of nitrogens with zero attached hydrogens (tertiary/aromatic N) is 2. The third-order valence-corrected chi connectivity index (χ3v) is 2.75. The Bertz CT molecular complexity index is 564. The van der Waals surface area contributed by atoms with Crippen LogP contribution in [-0.2, 0) is 13.2 Å². The maximum absolute atomic E-state index is 11.0. The van der Waals surface area contributed by atoms with Gasteiger partial charge in [-0.15, -0.1) is 0 Å². The topological polar surface area (TPSA) is 53.4 Å². The lowest BCUT2D eigenvalue weighted by Crippen LogP contribution is -1.98. The number of carbonyl (C=O) groups excluding carboxylic acids is 1. The van der Waals surface area contributed by atoms with Gasteiger partial charge in [-0.1, -0.05) is 0 Å². The van der Waals surface area contributed by atoms with E-state index in [0.29, 0.717) is 23.7 Å². The number of ether oxygens (including phenoxy) is 2. The number of benzene rings is 1. The Morgan fingerprint density at radius 1 is 1.42 bits per heavy atom. The highest BCUT2D eigenvalue weighted by atomic mass is 16.5. The molecule has 1 aromatic heterocycles. The highest BCUT2D eigenvalue weighted by Crippen LogP contribution is 2.24.